The van der Waals surface area contributed by atoms with Crippen LogP contribution in [-0.4, -0.2) is 38.8 Å². The minimum absolute atomic E-state index is 0.113. The standard InChI is InChI=1S/C9H15N3O/c1-2-12-7-10-3-8(12)4-11-5-9(13)6-11/h3,7,9,13H,2,4-6H2,1H3. The minimum atomic E-state index is -0.113. The molecule has 4 nitrogen and oxygen atoms in total. The fraction of sp³-hybridized carbons (Fsp3) is 0.667. The molecule has 13 heavy (non-hydrogen) atoms. The lowest BCUT2D eigenvalue weighted by molar-refractivity contribution is -0.00408. The third-order valence-electron chi connectivity index (χ3n) is 2.46. The van der Waals surface area contributed by atoms with Gasteiger partial charge in [0, 0.05) is 32.4 Å². The second kappa shape index (κ2) is 3.47. The average molecular weight is 181 g/mol. The van der Waals surface area contributed by atoms with Crippen molar-refractivity contribution >= 4 is 0 Å². The maximum Gasteiger partial charge on any atom is 0.0948 e. The Labute approximate surface area is 77.8 Å². The molecular weight excluding hydrogens is 166 g/mol. The first-order valence-electron chi connectivity index (χ1n) is 4.69. The summed E-state index contributed by atoms with van der Waals surface area (Å²) in [6, 6.07) is 0. The molecular formula is C9H15N3O. The Bertz CT molecular complexity index is 278. The third kappa shape index (κ3) is 1.73. The molecule has 1 saturated heterocycles. The van der Waals surface area contributed by atoms with Gasteiger partial charge in [0.1, 0.15) is 0 Å². The highest BCUT2D eigenvalue weighted by atomic mass is 16.3. The summed E-state index contributed by atoms with van der Waals surface area (Å²) in [6.45, 7) is 5.58. The second-order valence-electron chi connectivity index (χ2n) is 3.52. The van der Waals surface area contributed by atoms with Gasteiger partial charge in [0.05, 0.1) is 18.1 Å². The van der Waals surface area contributed by atoms with Crippen LogP contribution in [0.3, 0.4) is 0 Å². The van der Waals surface area contributed by atoms with E-state index in [0.717, 1.165) is 26.2 Å². The van der Waals surface area contributed by atoms with E-state index < -0.39 is 0 Å². The van der Waals surface area contributed by atoms with Gasteiger partial charge in [-0.15, -0.1) is 0 Å². The van der Waals surface area contributed by atoms with E-state index in [1.54, 1.807) is 0 Å². The van der Waals surface area contributed by atoms with Gasteiger partial charge in [0.25, 0.3) is 0 Å². The van der Waals surface area contributed by atoms with Crippen LogP contribution >= 0.6 is 0 Å². The van der Waals surface area contributed by atoms with E-state index in [1.807, 2.05) is 12.5 Å². The fourth-order valence-electron chi connectivity index (χ4n) is 1.67. The lowest BCUT2D eigenvalue weighted by Gasteiger charge is -2.35. The summed E-state index contributed by atoms with van der Waals surface area (Å²) in [6.07, 6.45) is 3.64. The van der Waals surface area contributed by atoms with Gasteiger partial charge in [0.15, 0.2) is 0 Å². The van der Waals surface area contributed by atoms with Gasteiger partial charge < -0.3 is 9.67 Å². The number of aliphatic hydroxyl groups excluding tert-OH is 1. The first kappa shape index (κ1) is 8.72. The van der Waals surface area contributed by atoms with Crippen molar-refractivity contribution in [3.05, 3.63) is 18.2 Å². The van der Waals surface area contributed by atoms with E-state index >= 15 is 0 Å². The maximum absolute atomic E-state index is 9.11. The molecule has 72 valence electrons. The molecule has 0 aromatic carbocycles. The first-order valence-corrected chi connectivity index (χ1v) is 4.69. The Morgan fingerprint density at radius 3 is 3.00 bits per heavy atom. The summed E-state index contributed by atoms with van der Waals surface area (Å²) in [5.41, 5.74) is 1.23. The number of nitrogens with zero attached hydrogens (tertiary/aromatic N) is 3. The number of rotatable bonds is 3. The van der Waals surface area contributed by atoms with Crippen molar-refractivity contribution in [3.63, 3.8) is 0 Å². The van der Waals surface area contributed by atoms with Crippen molar-refractivity contribution in [3.8, 4) is 0 Å². The Morgan fingerprint density at radius 1 is 1.62 bits per heavy atom. The molecule has 0 amide bonds. The van der Waals surface area contributed by atoms with Gasteiger partial charge in [-0.1, -0.05) is 0 Å². The third-order valence-corrected chi connectivity index (χ3v) is 2.46. The quantitative estimate of drug-likeness (QED) is 0.718. The van der Waals surface area contributed by atoms with Gasteiger partial charge in [-0.25, -0.2) is 4.98 Å². The van der Waals surface area contributed by atoms with Crippen LogP contribution in [0.5, 0.6) is 0 Å². The monoisotopic (exact) mass is 181 g/mol. The summed E-state index contributed by atoms with van der Waals surface area (Å²) in [7, 11) is 0. The zero-order valence-corrected chi connectivity index (χ0v) is 7.85. The smallest absolute Gasteiger partial charge is 0.0948 e. The molecule has 2 rings (SSSR count). The van der Waals surface area contributed by atoms with Gasteiger partial charge in [-0.05, 0) is 6.92 Å². The van der Waals surface area contributed by atoms with E-state index in [9.17, 15) is 0 Å². The predicted octanol–water partition coefficient (Wildman–Crippen LogP) is 0.0795. The van der Waals surface area contributed by atoms with E-state index in [0.29, 0.717) is 0 Å². The first-order chi connectivity index (χ1) is 6.29. The van der Waals surface area contributed by atoms with Crippen LogP contribution in [-0.2, 0) is 13.1 Å². The predicted molar refractivity (Wildman–Crippen MR) is 49.2 cm³/mol. The lowest BCUT2D eigenvalue weighted by Crippen LogP contribution is -2.50. The molecule has 1 aromatic rings. The Kier molecular flexibility index (Phi) is 2.33. The van der Waals surface area contributed by atoms with Gasteiger partial charge in [-0.3, -0.25) is 4.90 Å². The molecule has 1 aromatic heterocycles. The maximum atomic E-state index is 9.11. The van der Waals surface area contributed by atoms with Crippen LogP contribution in [0.1, 0.15) is 12.6 Å². The molecule has 0 unspecified atom stereocenters. The molecule has 1 aliphatic heterocycles. The van der Waals surface area contributed by atoms with Crippen LogP contribution in [0.4, 0.5) is 0 Å². The van der Waals surface area contributed by atoms with Gasteiger partial charge in [0.2, 0.25) is 0 Å². The van der Waals surface area contributed by atoms with Crippen molar-refractivity contribution in [2.45, 2.75) is 26.1 Å². The molecule has 1 fully saturated rings. The summed E-state index contributed by atoms with van der Waals surface area (Å²) in [5.74, 6) is 0. The molecule has 0 spiro atoms. The highest BCUT2D eigenvalue weighted by Gasteiger charge is 2.24. The number of aromatic nitrogens is 2. The number of likely N-dealkylation sites (tertiary alicyclic amines) is 1. The lowest BCUT2D eigenvalue weighted by atomic mass is 10.1. The van der Waals surface area contributed by atoms with Gasteiger partial charge in [-0.2, -0.15) is 0 Å². The van der Waals surface area contributed by atoms with E-state index in [4.69, 9.17) is 5.11 Å². The Hall–Kier alpha value is -0.870. The molecule has 0 saturated carbocycles. The largest absolute Gasteiger partial charge is 0.390 e. The normalized spacial score (nSPS) is 18.9. The van der Waals surface area contributed by atoms with Crippen molar-refractivity contribution < 1.29 is 5.11 Å². The highest BCUT2D eigenvalue weighted by molar-refractivity contribution is 4.99. The summed E-state index contributed by atoms with van der Waals surface area (Å²) in [4.78, 5) is 6.31. The van der Waals surface area contributed by atoms with E-state index in [1.165, 1.54) is 5.69 Å². The van der Waals surface area contributed by atoms with Crippen LogP contribution in [0, 0.1) is 0 Å². The average Bonchev–Trinajstić information content (AvgIpc) is 2.49. The van der Waals surface area contributed by atoms with E-state index in [-0.39, 0.29) is 6.10 Å². The Balaban J connectivity index is 1.94. The van der Waals surface area contributed by atoms with Crippen molar-refractivity contribution in [2.24, 2.45) is 0 Å². The second-order valence-corrected chi connectivity index (χ2v) is 3.52. The number of aliphatic hydroxyl groups is 1. The van der Waals surface area contributed by atoms with E-state index in [2.05, 4.69) is 21.4 Å². The SMILES string of the molecule is CCn1cncc1CN1CC(O)C1. The molecule has 0 bridgehead atoms. The zero-order valence-electron chi connectivity index (χ0n) is 7.85. The zero-order chi connectivity index (χ0) is 9.26. The number of hydrogen-bond donors (Lipinski definition) is 1. The summed E-state index contributed by atoms with van der Waals surface area (Å²) >= 11 is 0. The number of β-amino-alcohol motifs (C(OH)–C–C–N with tert-alkyl or cyclic N) is 1. The van der Waals surface area contributed by atoms with Crippen molar-refractivity contribution in [2.75, 3.05) is 13.1 Å². The Morgan fingerprint density at radius 2 is 2.38 bits per heavy atom. The molecule has 0 radical (unpaired) electrons. The number of hydrogen-bond acceptors (Lipinski definition) is 3. The van der Waals surface area contributed by atoms with Gasteiger partial charge >= 0.3 is 0 Å². The van der Waals surface area contributed by atoms with Crippen molar-refractivity contribution in [1.29, 1.82) is 0 Å². The van der Waals surface area contributed by atoms with Crippen LogP contribution in [0.15, 0.2) is 12.5 Å². The molecule has 2 heterocycles. The molecule has 1 aliphatic rings. The minimum Gasteiger partial charge on any atom is -0.390 e. The summed E-state index contributed by atoms with van der Waals surface area (Å²) < 4.78 is 2.13. The van der Waals surface area contributed by atoms with Crippen LogP contribution in [0.25, 0.3) is 0 Å². The van der Waals surface area contributed by atoms with Crippen LogP contribution < -0.4 is 0 Å². The highest BCUT2D eigenvalue weighted by Crippen LogP contribution is 2.12. The number of aryl methyl sites for hydroxylation is 1. The summed E-state index contributed by atoms with van der Waals surface area (Å²) in [5, 5.41) is 9.11. The molecule has 1 N–H and O–H groups in total. The van der Waals surface area contributed by atoms with Crippen molar-refractivity contribution in [1.82, 2.24) is 14.5 Å². The topological polar surface area (TPSA) is 41.3 Å². The van der Waals surface area contributed by atoms with Crippen LogP contribution in [0.2, 0.25) is 0 Å². The fourth-order valence-corrected chi connectivity index (χ4v) is 1.67. The number of imidazole rings is 1. The molecule has 0 atom stereocenters. The molecule has 4 heteroatoms. The molecule has 0 aliphatic carbocycles.